The van der Waals surface area contributed by atoms with Gasteiger partial charge in [-0.25, -0.2) is 4.99 Å². The first kappa shape index (κ1) is 27.0. The first-order valence-corrected chi connectivity index (χ1v) is 10.1. The van der Waals surface area contributed by atoms with Gasteiger partial charge in [-0.05, 0) is 26.3 Å². The molecule has 0 saturated carbocycles. The fourth-order valence-corrected chi connectivity index (χ4v) is 2.85. The first-order chi connectivity index (χ1) is 14.2. The number of rotatable bonds is 8. The second kappa shape index (κ2) is 13.4. The number of hydrogen-bond acceptors (Lipinski definition) is 6. The Balaban J connectivity index is 0.00000480. The van der Waals surface area contributed by atoms with Crippen molar-refractivity contribution in [2.75, 3.05) is 45.9 Å². The highest BCUT2D eigenvalue weighted by molar-refractivity contribution is 14.0. The normalized spacial score (nSPS) is 15.0. The van der Waals surface area contributed by atoms with Crippen LogP contribution in [-0.2, 0) is 16.1 Å². The molecule has 1 aromatic rings. The van der Waals surface area contributed by atoms with Gasteiger partial charge < -0.3 is 20.7 Å². The Morgan fingerprint density at radius 1 is 1.19 bits per heavy atom. The van der Waals surface area contributed by atoms with Gasteiger partial charge in [-0.3, -0.25) is 19.8 Å². The van der Waals surface area contributed by atoms with Crippen LogP contribution in [0.15, 0.2) is 29.3 Å². The minimum absolute atomic E-state index is 0. The molecule has 1 aliphatic rings. The molecule has 11 heteroatoms. The molecule has 1 heterocycles. The lowest BCUT2D eigenvalue weighted by Crippen LogP contribution is -2.49. The van der Waals surface area contributed by atoms with Crippen molar-refractivity contribution in [3.05, 3.63) is 39.9 Å². The van der Waals surface area contributed by atoms with E-state index in [1.165, 1.54) is 12.1 Å². The number of nitrogens with one attached hydrogen (secondary N) is 3. The Hall–Kier alpha value is -1.99. The second-order valence-corrected chi connectivity index (χ2v) is 8.12. The monoisotopic (exact) mass is 548 g/mol. The van der Waals surface area contributed by atoms with Gasteiger partial charge in [0, 0.05) is 43.9 Å². The molecule has 0 aromatic heterocycles. The number of amides is 1. The number of ether oxygens (including phenoxy) is 1. The summed E-state index contributed by atoms with van der Waals surface area (Å²) in [5.74, 6) is 0.395. The van der Waals surface area contributed by atoms with Crippen LogP contribution in [0.5, 0.6) is 0 Å². The van der Waals surface area contributed by atoms with Crippen molar-refractivity contribution in [3.8, 4) is 0 Å². The van der Waals surface area contributed by atoms with Crippen molar-refractivity contribution in [1.82, 2.24) is 20.9 Å². The van der Waals surface area contributed by atoms with E-state index >= 15 is 0 Å². The molecule has 1 fully saturated rings. The maximum atomic E-state index is 12.1. The summed E-state index contributed by atoms with van der Waals surface area (Å²) in [6.45, 7) is 11.0. The maximum Gasteiger partial charge on any atom is 0.269 e. The number of benzene rings is 1. The molecular formula is C20H33IN6O4. The van der Waals surface area contributed by atoms with Crippen LogP contribution in [0.1, 0.15) is 26.3 Å². The third-order valence-corrected chi connectivity index (χ3v) is 4.32. The summed E-state index contributed by atoms with van der Waals surface area (Å²) in [5, 5.41) is 20.0. The van der Waals surface area contributed by atoms with Crippen molar-refractivity contribution < 1.29 is 14.5 Å². The first-order valence-electron chi connectivity index (χ1n) is 10.1. The average molecular weight is 548 g/mol. The quantitative estimate of drug-likeness (QED) is 0.148. The molecule has 174 valence electrons. The lowest BCUT2D eigenvalue weighted by Gasteiger charge is -2.27. The molecule has 2 rings (SSSR count). The second-order valence-electron chi connectivity index (χ2n) is 8.12. The number of nitro benzene ring substituents is 1. The third-order valence-electron chi connectivity index (χ3n) is 4.32. The standard InChI is InChI=1S/C20H32N6O4.HI/c1-20(2,3)24-18(27)15-23-19(21-8-9-25-10-12-30-13-11-25)22-14-16-4-6-17(7-5-16)26(28)29;/h4-7H,8-15H2,1-3H3,(H,24,27)(H2,21,22,23);1H. The SMILES string of the molecule is CC(C)(C)NC(=O)CNC(=NCc1ccc([N+](=O)[O-])cc1)NCCN1CCOCC1.I. The fraction of sp³-hybridized carbons (Fsp3) is 0.600. The Labute approximate surface area is 200 Å². The molecule has 1 aliphatic heterocycles. The number of nitrogens with zero attached hydrogens (tertiary/aromatic N) is 3. The minimum atomic E-state index is -0.430. The Kier molecular flexibility index (Phi) is 11.7. The number of aliphatic imine (C=N–C) groups is 1. The van der Waals surface area contributed by atoms with Crippen LogP contribution in [0.4, 0.5) is 5.69 Å². The van der Waals surface area contributed by atoms with Crippen molar-refractivity contribution in [2.24, 2.45) is 4.99 Å². The fourth-order valence-electron chi connectivity index (χ4n) is 2.85. The van der Waals surface area contributed by atoms with Crippen LogP contribution < -0.4 is 16.0 Å². The number of halogens is 1. The van der Waals surface area contributed by atoms with E-state index in [0.717, 1.165) is 38.4 Å². The molecule has 0 radical (unpaired) electrons. The van der Waals surface area contributed by atoms with E-state index in [2.05, 4.69) is 25.8 Å². The summed E-state index contributed by atoms with van der Waals surface area (Å²) in [6.07, 6.45) is 0. The van der Waals surface area contributed by atoms with Crippen LogP contribution in [0, 0.1) is 10.1 Å². The van der Waals surface area contributed by atoms with E-state index < -0.39 is 4.92 Å². The van der Waals surface area contributed by atoms with Crippen molar-refractivity contribution in [1.29, 1.82) is 0 Å². The largest absolute Gasteiger partial charge is 0.379 e. The summed E-state index contributed by atoms with van der Waals surface area (Å²) in [4.78, 5) is 29.3. The molecule has 1 amide bonds. The van der Waals surface area contributed by atoms with Gasteiger partial charge in [-0.15, -0.1) is 24.0 Å². The number of carbonyl (C=O) groups excluding carboxylic acids is 1. The van der Waals surface area contributed by atoms with Crippen LogP contribution in [0.2, 0.25) is 0 Å². The molecule has 0 unspecified atom stereocenters. The summed E-state index contributed by atoms with van der Waals surface area (Å²) < 4.78 is 5.36. The van der Waals surface area contributed by atoms with E-state index in [-0.39, 0.29) is 47.7 Å². The summed E-state index contributed by atoms with van der Waals surface area (Å²) in [6, 6.07) is 6.28. The van der Waals surface area contributed by atoms with E-state index in [4.69, 9.17) is 4.74 Å². The van der Waals surface area contributed by atoms with Gasteiger partial charge >= 0.3 is 0 Å². The van der Waals surface area contributed by atoms with Crippen LogP contribution in [0.3, 0.4) is 0 Å². The van der Waals surface area contributed by atoms with Gasteiger partial charge in [-0.2, -0.15) is 0 Å². The summed E-state index contributed by atoms with van der Waals surface area (Å²) in [5.41, 5.74) is 0.580. The Morgan fingerprint density at radius 2 is 1.84 bits per heavy atom. The molecule has 0 spiro atoms. The number of carbonyl (C=O) groups is 1. The molecule has 10 nitrogen and oxygen atoms in total. The minimum Gasteiger partial charge on any atom is -0.379 e. The zero-order chi connectivity index (χ0) is 22.0. The maximum absolute atomic E-state index is 12.1. The topological polar surface area (TPSA) is 121 Å². The predicted octanol–water partition coefficient (Wildman–Crippen LogP) is 1.49. The summed E-state index contributed by atoms with van der Waals surface area (Å²) in [7, 11) is 0. The van der Waals surface area contributed by atoms with Gasteiger partial charge in [0.2, 0.25) is 5.91 Å². The third kappa shape index (κ3) is 11.3. The zero-order valence-corrected chi connectivity index (χ0v) is 20.7. The Morgan fingerprint density at radius 3 is 2.42 bits per heavy atom. The molecule has 0 aliphatic carbocycles. The van der Waals surface area contributed by atoms with E-state index in [9.17, 15) is 14.9 Å². The number of non-ortho nitro benzene ring substituents is 1. The smallest absolute Gasteiger partial charge is 0.269 e. The molecule has 0 bridgehead atoms. The van der Waals surface area contributed by atoms with Crippen molar-refractivity contribution in [2.45, 2.75) is 32.9 Å². The van der Waals surface area contributed by atoms with Gasteiger partial charge in [-0.1, -0.05) is 12.1 Å². The molecule has 3 N–H and O–H groups in total. The van der Waals surface area contributed by atoms with E-state index in [1.807, 2.05) is 20.8 Å². The van der Waals surface area contributed by atoms with Crippen molar-refractivity contribution >= 4 is 41.5 Å². The highest BCUT2D eigenvalue weighted by atomic mass is 127. The number of hydrogen-bond donors (Lipinski definition) is 3. The van der Waals surface area contributed by atoms with E-state index in [1.54, 1.807) is 12.1 Å². The van der Waals surface area contributed by atoms with Gasteiger partial charge in [0.1, 0.15) is 0 Å². The highest BCUT2D eigenvalue weighted by Gasteiger charge is 2.14. The van der Waals surface area contributed by atoms with Crippen LogP contribution in [-0.4, -0.2) is 73.2 Å². The molecular weight excluding hydrogens is 515 g/mol. The highest BCUT2D eigenvalue weighted by Crippen LogP contribution is 2.12. The number of nitro groups is 1. The molecule has 1 saturated heterocycles. The predicted molar refractivity (Wildman–Crippen MR) is 131 cm³/mol. The van der Waals surface area contributed by atoms with Crippen molar-refractivity contribution in [3.63, 3.8) is 0 Å². The molecule has 31 heavy (non-hydrogen) atoms. The number of morpholine rings is 1. The van der Waals surface area contributed by atoms with Gasteiger partial charge in [0.25, 0.3) is 5.69 Å². The van der Waals surface area contributed by atoms with Gasteiger partial charge in [0.05, 0.1) is 31.2 Å². The molecule has 0 atom stereocenters. The summed E-state index contributed by atoms with van der Waals surface area (Å²) >= 11 is 0. The number of guanidine groups is 1. The zero-order valence-electron chi connectivity index (χ0n) is 18.3. The lowest BCUT2D eigenvalue weighted by molar-refractivity contribution is -0.384. The Bertz CT molecular complexity index is 730. The lowest BCUT2D eigenvalue weighted by atomic mass is 10.1. The average Bonchev–Trinajstić information content (AvgIpc) is 2.69. The van der Waals surface area contributed by atoms with Crippen LogP contribution >= 0.6 is 24.0 Å². The van der Waals surface area contributed by atoms with E-state index in [0.29, 0.717) is 19.0 Å². The van der Waals surface area contributed by atoms with Crippen LogP contribution in [0.25, 0.3) is 0 Å². The van der Waals surface area contributed by atoms with Gasteiger partial charge in [0.15, 0.2) is 5.96 Å². The molecule has 1 aromatic carbocycles.